The third-order valence-electron chi connectivity index (χ3n) is 3.93. The Labute approximate surface area is 129 Å². The molecule has 1 fully saturated rings. The van der Waals surface area contributed by atoms with Crippen molar-refractivity contribution in [3.8, 4) is 0 Å². The van der Waals surface area contributed by atoms with E-state index in [-0.39, 0.29) is 10.6 Å². The summed E-state index contributed by atoms with van der Waals surface area (Å²) in [6, 6.07) is 0. The molecule has 1 aromatic heterocycles. The SMILES string of the molecule is C=CCn1ncc(NCC2(O)CCCCCC2)c(Cl)c1=O. The number of hydrogen-bond donors (Lipinski definition) is 2. The van der Waals surface area contributed by atoms with Gasteiger partial charge in [0.05, 0.1) is 24.0 Å². The van der Waals surface area contributed by atoms with E-state index in [0.717, 1.165) is 25.7 Å². The summed E-state index contributed by atoms with van der Waals surface area (Å²) in [5.41, 5.74) is -0.607. The molecule has 1 heterocycles. The standard InChI is InChI=1S/C15H22ClN3O2/c1-2-9-19-14(20)13(16)12(10-18-19)17-11-15(21)7-5-3-4-6-8-15/h2,10,17,21H,1,3-9,11H2. The van der Waals surface area contributed by atoms with Crippen molar-refractivity contribution in [2.24, 2.45) is 0 Å². The van der Waals surface area contributed by atoms with E-state index in [9.17, 15) is 9.90 Å². The van der Waals surface area contributed by atoms with Crippen LogP contribution in [0.2, 0.25) is 5.02 Å². The molecule has 1 saturated carbocycles. The van der Waals surface area contributed by atoms with E-state index in [0.29, 0.717) is 18.8 Å². The second-order valence-corrected chi connectivity index (χ2v) is 6.02. The highest BCUT2D eigenvalue weighted by atomic mass is 35.5. The monoisotopic (exact) mass is 311 g/mol. The first-order valence-electron chi connectivity index (χ1n) is 7.38. The number of anilines is 1. The summed E-state index contributed by atoms with van der Waals surface area (Å²) in [6.45, 7) is 4.28. The summed E-state index contributed by atoms with van der Waals surface area (Å²) in [4.78, 5) is 12.0. The maximum atomic E-state index is 12.0. The Bertz CT molecular complexity index is 548. The van der Waals surface area contributed by atoms with Crippen LogP contribution < -0.4 is 10.9 Å². The lowest BCUT2D eigenvalue weighted by Crippen LogP contribution is -2.37. The van der Waals surface area contributed by atoms with Crippen LogP contribution in [0.5, 0.6) is 0 Å². The minimum Gasteiger partial charge on any atom is -0.388 e. The zero-order chi connectivity index (χ0) is 15.3. The third-order valence-corrected chi connectivity index (χ3v) is 4.29. The van der Waals surface area contributed by atoms with E-state index >= 15 is 0 Å². The second-order valence-electron chi connectivity index (χ2n) is 5.64. The molecule has 0 aliphatic heterocycles. The fourth-order valence-corrected chi connectivity index (χ4v) is 2.88. The molecule has 0 saturated heterocycles. The molecule has 0 bridgehead atoms. The van der Waals surface area contributed by atoms with Gasteiger partial charge in [-0.15, -0.1) is 6.58 Å². The van der Waals surface area contributed by atoms with Crippen LogP contribution in [-0.4, -0.2) is 27.0 Å². The smallest absolute Gasteiger partial charge is 0.287 e. The number of nitrogens with one attached hydrogen (secondary N) is 1. The van der Waals surface area contributed by atoms with E-state index in [4.69, 9.17) is 11.6 Å². The van der Waals surface area contributed by atoms with Crippen LogP contribution in [-0.2, 0) is 6.54 Å². The molecule has 0 aromatic carbocycles. The summed E-state index contributed by atoms with van der Waals surface area (Å²) in [6.07, 6.45) is 9.07. The minimum absolute atomic E-state index is 0.101. The fraction of sp³-hybridized carbons (Fsp3) is 0.600. The number of aromatic nitrogens is 2. The van der Waals surface area contributed by atoms with E-state index in [2.05, 4.69) is 17.0 Å². The molecule has 1 aromatic rings. The zero-order valence-electron chi connectivity index (χ0n) is 12.1. The van der Waals surface area contributed by atoms with Crippen LogP contribution in [0.25, 0.3) is 0 Å². The van der Waals surface area contributed by atoms with Crippen molar-refractivity contribution < 1.29 is 5.11 Å². The molecule has 0 radical (unpaired) electrons. The van der Waals surface area contributed by atoms with Gasteiger partial charge in [-0.1, -0.05) is 43.4 Å². The summed E-state index contributed by atoms with van der Waals surface area (Å²) in [5.74, 6) is 0. The van der Waals surface area contributed by atoms with Crippen LogP contribution in [0, 0.1) is 0 Å². The summed E-state index contributed by atoms with van der Waals surface area (Å²) in [5, 5.41) is 17.8. The largest absolute Gasteiger partial charge is 0.388 e. The van der Waals surface area contributed by atoms with Gasteiger partial charge in [0.1, 0.15) is 5.02 Å². The van der Waals surface area contributed by atoms with Crippen LogP contribution >= 0.6 is 11.6 Å². The predicted molar refractivity (Wildman–Crippen MR) is 84.8 cm³/mol. The molecular weight excluding hydrogens is 290 g/mol. The zero-order valence-corrected chi connectivity index (χ0v) is 12.9. The molecule has 5 nitrogen and oxygen atoms in total. The first-order chi connectivity index (χ1) is 10.1. The average molecular weight is 312 g/mol. The molecule has 0 spiro atoms. The van der Waals surface area contributed by atoms with Gasteiger partial charge in [-0.2, -0.15) is 5.10 Å². The Balaban J connectivity index is 2.07. The highest BCUT2D eigenvalue weighted by Gasteiger charge is 2.28. The maximum absolute atomic E-state index is 12.0. The average Bonchev–Trinajstić information content (AvgIpc) is 2.69. The maximum Gasteiger partial charge on any atom is 0.287 e. The van der Waals surface area contributed by atoms with E-state index < -0.39 is 5.60 Å². The Morgan fingerprint density at radius 3 is 2.71 bits per heavy atom. The molecule has 0 unspecified atom stereocenters. The number of halogens is 1. The van der Waals surface area contributed by atoms with E-state index in [1.807, 2.05) is 0 Å². The van der Waals surface area contributed by atoms with Gasteiger partial charge in [0, 0.05) is 6.54 Å². The first-order valence-corrected chi connectivity index (χ1v) is 7.76. The van der Waals surface area contributed by atoms with Crippen LogP contribution in [0.1, 0.15) is 38.5 Å². The molecule has 1 aliphatic carbocycles. The molecule has 2 rings (SSSR count). The van der Waals surface area contributed by atoms with Crippen LogP contribution in [0.3, 0.4) is 0 Å². The first kappa shape index (κ1) is 16.0. The van der Waals surface area contributed by atoms with Gasteiger partial charge < -0.3 is 10.4 Å². The second kappa shape index (κ2) is 7.09. The lowest BCUT2D eigenvalue weighted by atomic mass is 9.94. The van der Waals surface area contributed by atoms with Gasteiger partial charge in [0.25, 0.3) is 5.56 Å². The lowest BCUT2D eigenvalue weighted by molar-refractivity contribution is 0.0381. The van der Waals surface area contributed by atoms with Gasteiger partial charge in [-0.25, -0.2) is 4.68 Å². The number of aliphatic hydroxyl groups is 1. The Hall–Kier alpha value is -1.33. The molecule has 1 aliphatic rings. The van der Waals surface area contributed by atoms with Crippen molar-refractivity contribution in [2.75, 3.05) is 11.9 Å². The molecule has 21 heavy (non-hydrogen) atoms. The van der Waals surface area contributed by atoms with Crippen LogP contribution in [0.15, 0.2) is 23.6 Å². The van der Waals surface area contributed by atoms with Crippen LogP contribution in [0.4, 0.5) is 5.69 Å². The minimum atomic E-state index is -0.726. The van der Waals surface area contributed by atoms with Crippen molar-refractivity contribution in [3.63, 3.8) is 0 Å². The molecule has 6 heteroatoms. The summed E-state index contributed by atoms with van der Waals surface area (Å²) < 4.78 is 1.25. The Morgan fingerprint density at radius 1 is 1.43 bits per heavy atom. The fourth-order valence-electron chi connectivity index (χ4n) is 2.66. The summed E-state index contributed by atoms with van der Waals surface area (Å²) >= 11 is 6.08. The summed E-state index contributed by atoms with van der Waals surface area (Å²) in [7, 11) is 0. The quantitative estimate of drug-likeness (QED) is 0.648. The lowest BCUT2D eigenvalue weighted by Gasteiger charge is -2.27. The molecular formula is C15H22ClN3O2. The number of rotatable bonds is 5. The molecule has 0 amide bonds. The number of nitrogens with zero attached hydrogens (tertiary/aromatic N) is 2. The highest BCUT2D eigenvalue weighted by molar-refractivity contribution is 6.32. The molecule has 2 N–H and O–H groups in total. The normalized spacial score (nSPS) is 18.0. The number of allylic oxidation sites excluding steroid dienone is 1. The Morgan fingerprint density at radius 2 is 2.10 bits per heavy atom. The third kappa shape index (κ3) is 4.08. The Kier molecular flexibility index (Phi) is 5.42. The molecule has 0 atom stereocenters. The molecule has 116 valence electrons. The van der Waals surface area contributed by atoms with Gasteiger partial charge in [0.2, 0.25) is 0 Å². The van der Waals surface area contributed by atoms with Gasteiger partial charge in [0.15, 0.2) is 0 Å². The van der Waals surface area contributed by atoms with E-state index in [1.54, 1.807) is 6.08 Å². The van der Waals surface area contributed by atoms with Crippen molar-refractivity contribution in [2.45, 2.75) is 50.7 Å². The van der Waals surface area contributed by atoms with Gasteiger partial charge in [-0.3, -0.25) is 4.79 Å². The van der Waals surface area contributed by atoms with Crippen molar-refractivity contribution >= 4 is 17.3 Å². The van der Waals surface area contributed by atoms with Gasteiger partial charge in [-0.05, 0) is 12.8 Å². The number of hydrogen-bond acceptors (Lipinski definition) is 4. The van der Waals surface area contributed by atoms with Gasteiger partial charge >= 0.3 is 0 Å². The van der Waals surface area contributed by atoms with E-state index in [1.165, 1.54) is 23.7 Å². The predicted octanol–water partition coefficient (Wildman–Crippen LogP) is 2.58. The van der Waals surface area contributed by atoms with Crippen molar-refractivity contribution in [1.29, 1.82) is 0 Å². The highest BCUT2D eigenvalue weighted by Crippen LogP contribution is 2.28. The topological polar surface area (TPSA) is 67.2 Å². The van der Waals surface area contributed by atoms with Crippen molar-refractivity contribution in [1.82, 2.24) is 9.78 Å². The van der Waals surface area contributed by atoms with Crippen molar-refractivity contribution in [3.05, 3.63) is 34.2 Å².